The number of nitrogens with two attached hydrogens (primary N) is 1. The predicted molar refractivity (Wildman–Crippen MR) is 65.5 cm³/mol. The molecule has 0 aliphatic heterocycles. The van der Waals surface area contributed by atoms with E-state index in [0.717, 1.165) is 18.8 Å². The molecular weight excluding hydrogens is 216 g/mol. The van der Waals surface area contributed by atoms with Gasteiger partial charge in [0, 0.05) is 6.04 Å². The average molecular weight is 236 g/mol. The summed E-state index contributed by atoms with van der Waals surface area (Å²) in [5.41, 5.74) is 5.44. The van der Waals surface area contributed by atoms with Crippen LogP contribution in [0.4, 0.5) is 0 Å². The van der Waals surface area contributed by atoms with E-state index in [0.29, 0.717) is 18.1 Å². The average Bonchev–Trinajstić information content (AvgIpc) is 3.02. The number of hydrogen-bond acceptors (Lipinski definition) is 3. The van der Waals surface area contributed by atoms with Gasteiger partial charge in [0.05, 0.1) is 6.54 Å². The van der Waals surface area contributed by atoms with Crippen LogP contribution in [0.3, 0.4) is 0 Å². The van der Waals surface area contributed by atoms with Gasteiger partial charge < -0.3 is 15.5 Å². The number of hydrogen-bond donors (Lipinski definition) is 2. The largest absolute Gasteiger partial charge is 0.455 e. The van der Waals surface area contributed by atoms with Crippen LogP contribution in [0.15, 0.2) is 16.5 Å². The number of rotatable bonds is 6. The van der Waals surface area contributed by atoms with E-state index in [1.807, 2.05) is 0 Å². The zero-order valence-corrected chi connectivity index (χ0v) is 10.2. The van der Waals surface area contributed by atoms with Gasteiger partial charge in [-0.1, -0.05) is 19.8 Å². The standard InChI is InChI=1S/C13H20N2O2/c1-2-10(7-9-3-4-9)15-13(16)12-6-5-11(8-14)17-12/h5-6,9-10H,2-4,7-8,14H2,1H3,(H,15,16). The van der Waals surface area contributed by atoms with Crippen LogP contribution in [0.2, 0.25) is 0 Å². The zero-order valence-electron chi connectivity index (χ0n) is 10.2. The van der Waals surface area contributed by atoms with Crippen molar-refractivity contribution in [3.8, 4) is 0 Å². The molecule has 1 fully saturated rings. The van der Waals surface area contributed by atoms with E-state index in [1.165, 1.54) is 12.8 Å². The van der Waals surface area contributed by atoms with Crippen molar-refractivity contribution in [1.29, 1.82) is 0 Å². The Morgan fingerprint density at radius 2 is 2.35 bits per heavy atom. The molecular formula is C13H20N2O2. The van der Waals surface area contributed by atoms with Gasteiger partial charge in [0.1, 0.15) is 5.76 Å². The molecule has 3 N–H and O–H groups in total. The highest BCUT2D eigenvalue weighted by atomic mass is 16.4. The summed E-state index contributed by atoms with van der Waals surface area (Å²) in [4.78, 5) is 11.9. The van der Waals surface area contributed by atoms with Crippen LogP contribution < -0.4 is 11.1 Å². The van der Waals surface area contributed by atoms with E-state index in [4.69, 9.17) is 10.2 Å². The predicted octanol–water partition coefficient (Wildman–Crippen LogP) is 2.05. The summed E-state index contributed by atoms with van der Waals surface area (Å²) < 4.78 is 5.32. The van der Waals surface area contributed by atoms with Crippen LogP contribution in [0, 0.1) is 5.92 Å². The Morgan fingerprint density at radius 1 is 1.59 bits per heavy atom. The van der Waals surface area contributed by atoms with Crippen molar-refractivity contribution in [2.45, 2.75) is 45.2 Å². The number of furan rings is 1. The lowest BCUT2D eigenvalue weighted by atomic mass is 10.1. The molecule has 0 saturated heterocycles. The van der Waals surface area contributed by atoms with Crippen molar-refractivity contribution in [1.82, 2.24) is 5.32 Å². The summed E-state index contributed by atoms with van der Waals surface area (Å²) in [5, 5.41) is 3.02. The SMILES string of the molecule is CCC(CC1CC1)NC(=O)c1ccc(CN)o1. The van der Waals surface area contributed by atoms with Crippen LogP contribution in [0.25, 0.3) is 0 Å². The molecule has 4 heteroatoms. The molecule has 0 bridgehead atoms. The van der Waals surface area contributed by atoms with E-state index < -0.39 is 0 Å². The molecule has 1 unspecified atom stereocenters. The molecule has 1 amide bonds. The third-order valence-corrected chi connectivity index (χ3v) is 3.23. The second-order valence-electron chi connectivity index (χ2n) is 4.73. The van der Waals surface area contributed by atoms with Crippen molar-refractivity contribution in [2.24, 2.45) is 11.7 Å². The Labute approximate surface area is 102 Å². The quantitative estimate of drug-likeness (QED) is 0.794. The maximum atomic E-state index is 11.9. The van der Waals surface area contributed by atoms with Gasteiger partial charge in [-0.25, -0.2) is 0 Å². The third-order valence-electron chi connectivity index (χ3n) is 3.23. The second-order valence-corrected chi connectivity index (χ2v) is 4.73. The first-order valence-electron chi connectivity index (χ1n) is 6.32. The molecule has 1 saturated carbocycles. The molecule has 1 atom stereocenters. The Bertz CT molecular complexity index is 383. The molecule has 1 aliphatic rings. The summed E-state index contributed by atoms with van der Waals surface area (Å²) in [6, 6.07) is 3.69. The fraction of sp³-hybridized carbons (Fsp3) is 0.615. The summed E-state index contributed by atoms with van der Waals surface area (Å²) in [7, 11) is 0. The summed E-state index contributed by atoms with van der Waals surface area (Å²) in [5.74, 6) is 1.69. The van der Waals surface area contributed by atoms with Crippen molar-refractivity contribution < 1.29 is 9.21 Å². The Kier molecular flexibility index (Phi) is 3.84. The molecule has 0 radical (unpaired) electrons. The first-order chi connectivity index (χ1) is 8.22. The van der Waals surface area contributed by atoms with Crippen molar-refractivity contribution in [3.63, 3.8) is 0 Å². The fourth-order valence-corrected chi connectivity index (χ4v) is 1.95. The minimum atomic E-state index is -0.128. The van der Waals surface area contributed by atoms with E-state index in [1.54, 1.807) is 12.1 Å². The molecule has 0 spiro atoms. The highest BCUT2D eigenvalue weighted by molar-refractivity contribution is 5.91. The Morgan fingerprint density at radius 3 is 2.88 bits per heavy atom. The van der Waals surface area contributed by atoms with Crippen molar-refractivity contribution >= 4 is 5.91 Å². The summed E-state index contributed by atoms with van der Waals surface area (Å²) >= 11 is 0. The fourth-order valence-electron chi connectivity index (χ4n) is 1.95. The van der Waals surface area contributed by atoms with Gasteiger partial charge in [-0.2, -0.15) is 0 Å². The molecule has 17 heavy (non-hydrogen) atoms. The Hall–Kier alpha value is -1.29. The lowest BCUT2D eigenvalue weighted by molar-refractivity contribution is 0.0903. The first-order valence-corrected chi connectivity index (χ1v) is 6.32. The summed E-state index contributed by atoms with van der Waals surface area (Å²) in [6.07, 6.45) is 4.67. The molecule has 2 rings (SSSR count). The second kappa shape index (κ2) is 5.36. The molecule has 1 aromatic heterocycles. The number of amides is 1. The van der Waals surface area contributed by atoms with Gasteiger partial charge >= 0.3 is 0 Å². The van der Waals surface area contributed by atoms with E-state index >= 15 is 0 Å². The number of carbonyl (C=O) groups is 1. The third kappa shape index (κ3) is 3.33. The highest BCUT2D eigenvalue weighted by Gasteiger charge is 2.26. The zero-order chi connectivity index (χ0) is 12.3. The minimum absolute atomic E-state index is 0.128. The monoisotopic (exact) mass is 236 g/mol. The van der Waals surface area contributed by atoms with Crippen LogP contribution >= 0.6 is 0 Å². The Balaban J connectivity index is 1.89. The minimum Gasteiger partial charge on any atom is -0.455 e. The van der Waals surface area contributed by atoms with Crippen LogP contribution in [-0.4, -0.2) is 11.9 Å². The lowest BCUT2D eigenvalue weighted by Crippen LogP contribution is -2.34. The first kappa shape index (κ1) is 12.2. The van der Waals surface area contributed by atoms with Gasteiger partial charge in [0.2, 0.25) is 0 Å². The molecule has 0 aromatic carbocycles. The van der Waals surface area contributed by atoms with Crippen LogP contribution in [-0.2, 0) is 6.54 Å². The van der Waals surface area contributed by atoms with E-state index in [2.05, 4.69) is 12.2 Å². The highest BCUT2D eigenvalue weighted by Crippen LogP contribution is 2.34. The van der Waals surface area contributed by atoms with Crippen molar-refractivity contribution in [2.75, 3.05) is 0 Å². The van der Waals surface area contributed by atoms with Crippen molar-refractivity contribution in [3.05, 3.63) is 23.7 Å². The van der Waals surface area contributed by atoms with Crippen LogP contribution in [0.1, 0.15) is 48.9 Å². The molecule has 4 nitrogen and oxygen atoms in total. The molecule has 1 aromatic rings. The van der Waals surface area contributed by atoms with E-state index in [-0.39, 0.29) is 11.9 Å². The number of carbonyl (C=O) groups excluding carboxylic acids is 1. The molecule has 1 aliphatic carbocycles. The van der Waals surface area contributed by atoms with E-state index in [9.17, 15) is 4.79 Å². The van der Waals surface area contributed by atoms with Gasteiger partial charge in [0.15, 0.2) is 5.76 Å². The lowest BCUT2D eigenvalue weighted by Gasteiger charge is -2.15. The van der Waals surface area contributed by atoms with Gasteiger partial charge in [-0.05, 0) is 30.9 Å². The normalized spacial score (nSPS) is 16.8. The van der Waals surface area contributed by atoms with Gasteiger partial charge in [-0.3, -0.25) is 4.79 Å². The topological polar surface area (TPSA) is 68.3 Å². The maximum absolute atomic E-state index is 11.9. The van der Waals surface area contributed by atoms with Crippen LogP contribution in [0.5, 0.6) is 0 Å². The van der Waals surface area contributed by atoms with Gasteiger partial charge in [-0.15, -0.1) is 0 Å². The molecule has 94 valence electrons. The summed E-state index contributed by atoms with van der Waals surface area (Å²) in [6.45, 7) is 2.42. The smallest absolute Gasteiger partial charge is 0.287 e. The van der Waals surface area contributed by atoms with Gasteiger partial charge in [0.25, 0.3) is 5.91 Å². The molecule has 1 heterocycles. The maximum Gasteiger partial charge on any atom is 0.287 e. The number of nitrogens with one attached hydrogen (secondary N) is 1.